The predicted molar refractivity (Wildman–Crippen MR) is 79.3 cm³/mol. The fourth-order valence-electron chi connectivity index (χ4n) is 2.41. The van der Waals surface area contributed by atoms with Gasteiger partial charge < -0.3 is 0 Å². The van der Waals surface area contributed by atoms with Crippen LogP contribution in [-0.2, 0) is 0 Å². The van der Waals surface area contributed by atoms with Crippen molar-refractivity contribution in [1.82, 2.24) is 0 Å². The molecule has 0 aliphatic heterocycles. The third kappa shape index (κ3) is 1.87. The molecule has 3 rings (SSSR count). The Labute approximate surface area is 130 Å². The standard InChI is InChI=1S/C15H7Cl3O2/c16-9-5-6-10(17)13(18)11(9)12-14(19)7-3-1-2-4-8(7)15(12)20/h1-6,12H. The van der Waals surface area contributed by atoms with Crippen molar-refractivity contribution in [3.8, 4) is 0 Å². The maximum absolute atomic E-state index is 12.4. The van der Waals surface area contributed by atoms with Crippen molar-refractivity contribution >= 4 is 46.4 Å². The average Bonchev–Trinajstić information content (AvgIpc) is 2.69. The molecule has 0 saturated carbocycles. The van der Waals surface area contributed by atoms with E-state index in [2.05, 4.69) is 0 Å². The lowest BCUT2D eigenvalue weighted by Gasteiger charge is -2.12. The number of Topliss-reactive ketones (excluding diaryl/α,β-unsaturated/α-hetero) is 2. The van der Waals surface area contributed by atoms with Crippen LogP contribution >= 0.6 is 34.8 Å². The molecule has 20 heavy (non-hydrogen) atoms. The van der Waals surface area contributed by atoms with Crippen molar-refractivity contribution < 1.29 is 9.59 Å². The number of rotatable bonds is 1. The summed E-state index contributed by atoms with van der Waals surface area (Å²) in [5.74, 6) is -1.60. The van der Waals surface area contributed by atoms with Crippen molar-refractivity contribution in [2.75, 3.05) is 0 Å². The lowest BCUT2D eigenvalue weighted by molar-refractivity contribution is 0.0890. The highest BCUT2D eigenvalue weighted by Crippen LogP contribution is 2.42. The van der Waals surface area contributed by atoms with Gasteiger partial charge in [-0.1, -0.05) is 59.1 Å². The van der Waals surface area contributed by atoms with Gasteiger partial charge >= 0.3 is 0 Å². The highest BCUT2D eigenvalue weighted by molar-refractivity contribution is 6.45. The molecule has 2 nitrogen and oxygen atoms in total. The largest absolute Gasteiger partial charge is 0.293 e. The molecule has 0 radical (unpaired) electrons. The monoisotopic (exact) mass is 324 g/mol. The van der Waals surface area contributed by atoms with Crippen molar-refractivity contribution in [3.05, 3.63) is 68.2 Å². The van der Waals surface area contributed by atoms with E-state index < -0.39 is 5.92 Å². The van der Waals surface area contributed by atoms with Gasteiger partial charge in [-0.3, -0.25) is 9.59 Å². The first-order chi connectivity index (χ1) is 9.52. The van der Waals surface area contributed by atoms with Crippen LogP contribution in [0.2, 0.25) is 15.1 Å². The van der Waals surface area contributed by atoms with Crippen molar-refractivity contribution in [2.24, 2.45) is 0 Å². The van der Waals surface area contributed by atoms with Gasteiger partial charge in [-0.05, 0) is 12.1 Å². The fraction of sp³-hybridized carbons (Fsp3) is 0.0667. The van der Waals surface area contributed by atoms with Crippen LogP contribution in [0.15, 0.2) is 36.4 Å². The van der Waals surface area contributed by atoms with E-state index in [1.165, 1.54) is 12.1 Å². The Morgan fingerprint density at radius 1 is 0.750 bits per heavy atom. The van der Waals surface area contributed by atoms with Gasteiger partial charge in [0.1, 0.15) is 5.92 Å². The van der Waals surface area contributed by atoms with Crippen molar-refractivity contribution in [3.63, 3.8) is 0 Å². The average molecular weight is 326 g/mol. The molecule has 0 amide bonds. The van der Waals surface area contributed by atoms with E-state index in [0.717, 1.165) is 0 Å². The van der Waals surface area contributed by atoms with Crippen molar-refractivity contribution in [1.29, 1.82) is 0 Å². The van der Waals surface area contributed by atoms with E-state index >= 15 is 0 Å². The molecule has 0 aromatic heterocycles. The first-order valence-electron chi connectivity index (χ1n) is 5.83. The van der Waals surface area contributed by atoms with Gasteiger partial charge in [-0.25, -0.2) is 0 Å². The van der Waals surface area contributed by atoms with Crippen molar-refractivity contribution in [2.45, 2.75) is 5.92 Å². The zero-order valence-corrected chi connectivity index (χ0v) is 12.3. The number of hydrogen-bond acceptors (Lipinski definition) is 2. The molecule has 0 N–H and O–H groups in total. The van der Waals surface area contributed by atoms with Crippen LogP contribution in [-0.4, -0.2) is 11.6 Å². The summed E-state index contributed by atoms with van der Waals surface area (Å²) in [5.41, 5.74) is 1.08. The summed E-state index contributed by atoms with van der Waals surface area (Å²) in [6.07, 6.45) is 0. The molecule has 0 heterocycles. The Balaban J connectivity index is 2.22. The number of ketones is 2. The first-order valence-corrected chi connectivity index (χ1v) is 6.96. The number of hydrogen-bond donors (Lipinski definition) is 0. The Bertz CT molecular complexity index is 718. The summed E-state index contributed by atoms with van der Waals surface area (Å²) in [7, 11) is 0. The molecular formula is C15H7Cl3O2. The zero-order chi connectivity index (χ0) is 14.4. The lowest BCUT2D eigenvalue weighted by atomic mass is 9.94. The lowest BCUT2D eigenvalue weighted by Crippen LogP contribution is -2.14. The van der Waals surface area contributed by atoms with Gasteiger partial charge in [0.25, 0.3) is 0 Å². The normalized spacial score (nSPS) is 14.8. The molecule has 2 aromatic rings. The SMILES string of the molecule is O=C1c2ccccc2C(=O)C1c1c(Cl)ccc(Cl)c1Cl. The third-order valence-corrected chi connectivity index (χ3v) is 4.50. The minimum absolute atomic E-state index is 0.152. The first kappa shape index (κ1) is 13.6. The molecular weight excluding hydrogens is 319 g/mol. The van der Waals surface area contributed by atoms with Gasteiger partial charge in [0.15, 0.2) is 11.6 Å². The van der Waals surface area contributed by atoms with Gasteiger partial charge in [-0.15, -0.1) is 0 Å². The maximum atomic E-state index is 12.4. The van der Waals surface area contributed by atoms with Crippen LogP contribution in [0.3, 0.4) is 0 Å². The molecule has 1 aliphatic carbocycles. The van der Waals surface area contributed by atoms with Gasteiger partial charge in [0.05, 0.1) is 10.0 Å². The molecule has 0 spiro atoms. The zero-order valence-electron chi connectivity index (χ0n) is 9.99. The summed E-state index contributed by atoms with van der Waals surface area (Å²) < 4.78 is 0. The van der Waals surface area contributed by atoms with Crippen LogP contribution in [0.1, 0.15) is 32.2 Å². The van der Waals surface area contributed by atoms with Crippen LogP contribution in [0.25, 0.3) is 0 Å². The van der Waals surface area contributed by atoms with E-state index in [0.29, 0.717) is 11.1 Å². The summed E-state index contributed by atoms with van der Waals surface area (Å²) in [6, 6.07) is 9.76. The van der Waals surface area contributed by atoms with Crippen LogP contribution in [0, 0.1) is 0 Å². The number of carbonyl (C=O) groups excluding carboxylic acids is 2. The molecule has 100 valence electrons. The summed E-state index contributed by atoms with van der Waals surface area (Å²) in [5, 5.41) is 0.681. The van der Waals surface area contributed by atoms with E-state index in [1.807, 2.05) is 0 Å². The summed E-state index contributed by atoms with van der Waals surface area (Å²) >= 11 is 18.2. The Hall–Kier alpha value is -1.35. The van der Waals surface area contributed by atoms with E-state index in [1.54, 1.807) is 24.3 Å². The Morgan fingerprint density at radius 2 is 1.25 bits per heavy atom. The van der Waals surface area contributed by atoms with E-state index in [-0.39, 0.29) is 32.2 Å². The van der Waals surface area contributed by atoms with E-state index in [9.17, 15) is 9.59 Å². The van der Waals surface area contributed by atoms with Crippen LogP contribution in [0.4, 0.5) is 0 Å². The minimum atomic E-state index is -1.01. The third-order valence-electron chi connectivity index (χ3n) is 3.35. The molecule has 0 bridgehead atoms. The Morgan fingerprint density at radius 3 is 1.80 bits per heavy atom. The molecule has 1 aliphatic rings. The number of fused-ring (bicyclic) bond motifs is 1. The molecule has 5 heteroatoms. The molecule has 0 unspecified atom stereocenters. The molecule has 0 fully saturated rings. The highest BCUT2D eigenvalue weighted by atomic mass is 35.5. The number of benzene rings is 2. The van der Waals surface area contributed by atoms with Gasteiger partial charge in [0.2, 0.25) is 0 Å². The summed E-state index contributed by atoms with van der Waals surface area (Å²) in [6.45, 7) is 0. The van der Waals surface area contributed by atoms with Crippen LogP contribution < -0.4 is 0 Å². The maximum Gasteiger partial charge on any atom is 0.178 e. The quantitative estimate of drug-likeness (QED) is 0.557. The fourth-order valence-corrected chi connectivity index (χ4v) is 3.17. The second kappa shape index (κ2) is 4.88. The number of carbonyl (C=O) groups is 2. The molecule has 0 atom stereocenters. The van der Waals surface area contributed by atoms with Crippen LogP contribution in [0.5, 0.6) is 0 Å². The number of halogens is 3. The Kier molecular flexibility index (Phi) is 3.33. The summed E-state index contributed by atoms with van der Waals surface area (Å²) in [4.78, 5) is 24.9. The smallest absolute Gasteiger partial charge is 0.178 e. The topological polar surface area (TPSA) is 34.1 Å². The second-order valence-corrected chi connectivity index (χ2v) is 5.66. The second-order valence-electron chi connectivity index (χ2n) is 4.46. The molecule has 2 aromatic carbocycles. The minimum Gasteiger partial charge on any atom is -0.293 e. The predicted octanol–water partition coefficient (Wildman–Crippen LogP) is 4.81. The van der Waals surface area contributed by atoms with E-state index in [4.69, 9.17) is 34.8 Å². The molecule has 0 saturated heterocycles. The van der Waals surface area contributed by atoms with Gasteiger partial charge in [0, 0.05) is 21.7 Å². The van der Waals surface area contributed by atoms with Gasteiger partial charge in [-0.2, -0.15) is 0 Å². The highest BCUT2D eigenvalue weighted by Gasteiger charge is 2.41.